The van der Waals surface area contributed by atoms with Crippen molar-refractivity contribution in [2.45, 2.75) is 57.4 Å². The highest BCUT2D eigenvalue weighted by Crippen LogP contribution is 2.35. The molecule has 5 rings (SSSR count). The number of anilines is 2. The SMILES string of the molecule is CN(C)C(=O)c1cc2cnc(Nc3ccc(C(=O)NCCCCCCN4CCN(C=O)CC4)cc3)nc2n1C1CCCC1. The van der Waals surface area contributed by atoms with Gasteiger partial charge in [-0.15, -0.1) is 0 Å². The minimum absolute atomic E-state index is 0.0322. The summed E-state index contributed by atoms with van der Waals surface area (Å²) in [5.41, 5.74) is 2.81. The Hall–Kier alpha value is -3.99. The molecule has 1 aromatic carbocycles. The first-order valence-corrected chi connectivity index (χ1v) is 15.6. The normalized spacial score (nSPS) is 16.0. The number of aromatic nitrogens is 3. The van der Waals surface area contributed by atoms with E-state index in [9.17, 15) is 14.4 Å². The van der Waals surface area contributed by atoms with Gasteiger partial charge in [-0.05, 0) is 62.6 Å². The molecule has 11 nitrogen and oxygen atoms in total. The first-order valence-electron chi connectivity index (χ1n) is 15.6. The van der Waals surface area contributed by atoms with Crippen LogP contribution in [0, 0.1) is 0 Å². The van der Waals surface area contributed by atoms with Gasteiger partial charge in [0.15, 0.2) is 0 Å². The lowest BCUT2D eigenvalue weighted by Gasteiger charge is -2.32. The van der Waals surface area contributed by atoms with Crippen LogP contribution in [0.1, 0.15) is 78.3 Å². The van der Waals surface area contributed by atoms with Crippen LogP contribution < -0.4 is 10.6 Å². The number of carbonyl (C=O) groups excluding carboxylic acids is 3. The molecule has 0 unspecified atom stereocenters. The van der Waals surface area contributed by atoms with E-state index in [2.05, 4.69) is 25.1 Å². The first-order chi connectivity index (χ1) is 20.9. The summed E-state index contributed by atoms with van der Waals surface area (Å²) >= 11 is 0. The molecule has 0 spiro atoms. The highest BCUT2D eigenvalue weighted by atomic mass is 16.2. The molecule has 0 radical (unpaired) electrons. The zero-order chi connectivity index (χ0) is 30.2. The Labute approximate surface area is 253 Å². The number of hydrogen-bond donors (Lipinski definition) is 2. The summed E-state index contributed by atoms with van der Waals surface area (Å²) in [5.74, 6) is 0.342. The first kappa shape index (κ1) is 30.5. The van der Waals surface area contributed by atoms with Gasteiger partial charge >= 0.3 is 0 Å². The molecule has 2 aromatic heterocycles. The summed E-state index contributed by atoms with van der Waals surface area (Å²) in [5, 5.41) is 7.13. The topological polar surface area (TPSA) is 116 Å². The van der Waals surface area contributed by atoms with E-state index in [1.807, 2.05) is 23.1 Å². The second-order valence-electron chi connectivity index (χ2n) is 11.9. The predicted molar refractivity (Wildman–Crippen MR) is 168 cm³/mol. The number of carbonyl (C=O) groups is 3. The summed E-state index contributed by atoms with van der Waals surface area (Å²) < 4.78 is 2.10. The Balaban J connectivity index is 1.10. The van der Waals surface area contributed by atoms with Gasteiger partial charge in [0.2, 0.25) is 12.4 Å². The Morgan fingerprint density at radius 1 is 1.00 bits per heavy atom. The maximum absolute atomic E-state index is 12.9. The van der Waals surface area contributed by atoms with Crippen molar-refractivity contribution in [3.63, 3.8) is 0 Å². The molecule has 2 N–H and O–H groups in total. The van der Waals surface area contributed by atoms with E-state index in [4.69, 9.17) is 4.98 Å². The zero-order valence-electron chi connectivity index (χ0n) is 25.4. The number of nitrogens with one attached hydrogen (secondary N) is 2. The molecule has 3 amide bonds. The van der Waals surface area contributed by atoms with E-state index in [0.29, 0.717) is 23.8 Å². The van der Waals surface area contributed by atoms with Crippen molar-refractivity contribution in [2.24, 2.45) is 0 Å². The number of rotatable bonds is 13. The van der Waals surface area contributed by atoms with Gasteiger partial charge in [0, 0.05) is 75.7 Å². The van der Waals surface area contributed by atoms with Gasteiger partial charge in [0.05, 0.1) is 0 Å². The predicted octanol–water partition coefficient (Wildman–Crippen LogP) is 4.06. The molecule has 43 heavy (non-hydrogen) atoms. The van der Waals surface area contributed by atoms with Crippen LogP contribution in [0.15, 0.2) is 36.5 Å². The number of unbranched alkanes of at least 4 members (excludes halogenated alkanes) is 3. The van der Waals surface area contributed by atoms with E-state index >= 15 is 0 Å². The molecule has 2 fully saturated rings. The standard InChI is InChI=1S/C32H44N8O3/c1-37(2)31(43)28-21-25-22-34-32(36-29(25)40(28)27-9-5-6-10-27)35-26-13-11-24(12-14-26)30(42)33-15-7-3-4-8-16-38-17-19-39(23-41)20-18-38/h11-14,21-23,27H,3-10,15-20H2,1-2H3,(H,33,42)(H,34,35,36). The molecular weight excluding hydrogens is 544 g/mol. The van der Waals surface area contributed by atoms with Crippen LogP contribution >= 0.6 is 0 Å². The third-order valence-corrected chi connectivity index (χ3v) is 8.54. The van der Waals surface area contributed by atoms with Gasteiger partial charge in [-0.2, -0.15) is 4.98 Å². The summed E-state index contributed by atoms with van der Waals surface area (Å²) in [6, 6.07) is 9.47. The number of amides is 3. The largest absolute Gasteiger partial charge is 0.352 e. The number of nitrogens with zero attached hydrogens (tertiary/aromatic N) is 6. The third-order valence-electron chi connectivity index (χ3n) is 8.54. The van der Waals surface area contributed by atoms with Crippen LogP contribution in [-0.2, 0) is 4.79 Å². The van der Waals surface area contributed by atoms with Crippen LogP contribution in [0.5, 0.6) is 0 Å². The van der Waals surface area contributed by atoms with Crippen molar-refractivity contribution in [3.8, 4) is 0 Å². The molecule has 2 aliphatic rings. The molecule has 0 atom stereocenters. The number of fused-ring (bicyclic) bond motifs is 1. The monoisotopic (exact) mass is 588 g/mol. The lowest BCUT2D eigenvalue weighted by Crippen LogP contribution is -2.45. The number of benzene rings is 1. The van der Waals surface area contributed by atoms with E-state index in [0.717, 1.165) is 107 Å². The van der Waals surface area contributed by atoms with Gasteiger partial charge in [0.1, 0.15) is 11.3 Å². The quantitative estimate of drug-likeness (QED) is 0.229. The van der Waals surface area contributed by atoms with Crippen molar-refractivity contribution >= 4 is 40.9 Å². The second kappa shape index (κ2) is 14.5. The molecule has 1 saturated carbocycles. The molecule has 1 aliphatic heterocycles. The fraction of sp³-hybridized carbons (Fsp3) is 0.531. The highest BCUT2D eigenvalue weighted by Gasteiger charge is 2.26. The molecule has 1 aliphatic carbocycles. The minimum Gasteiger partial charge on any atom is -0.352 e. The highest BCUT2D eigenvalue weighted by molar-refractivity contribution is 5.98. The van der Waals surface area contributed by atoms with Crippen LogP contribution in [-0.4, -0.2) is 101 Å². The van der Waals surface area contributed by atoms with Crippen LogP contribution in [0.3, 0.4) is 0 Å². The van der Waals surface area contributed by atoms with E-state index in [-0.39, 0.29) is 17.9 Å². The van der Waals surface area contributed by atoms with Gasteiger partial charge in [0.25, 0.3) is 11.8 Å². The van der Waals surface area contributed by atoms with Gasteiger partial charge in [-0.1, -0.05) is 25.7 Å². The summed E-state index contributed by atoms with van der Waals surface area (Å²) in [4.78, 5) is 51.6. The van der Waals surface area contributed by atoms with Crippen LogP contribution in [0.25, 0.3) is 11.0 Å². The van der Waals surface area contributed by atoms with Gasteiger partial charge in [-0.25, -0.2) is 4.98 Å². The van der Waals surface area contributed by atoms with Crippen molar-refractivity contribution in [2.75, 3.05) is 58.7 Å². The maximum Gasteiger partial charge on any atom is 0.270 e. The van der Waals surface area contributed by atoms with Crippen LogP contribution in [0.4, 0.5) is 11.6 Å². The third kappa shape index (κ3) is 7.70. The molecule has 3 heterocycles. The Kier molecular flexibility index (Phi) is 10.2. The fourth-order valence-corrected chi connectivity index (χ4v) is 6.04. The Morgan fingerprint density at radius 3 is 2.42 bits per heavy atom. The van der Waals surface area contributed by atoms with Crippen LogP contribution in [0.2, 0.25) is 0 Å². The number of piperazine rings is 1. The summed E-state index contributed by atoms with van der Waals surface area (Å²) in [6.45, 7) is 5.30. The number of hydrogen-bond acceptors (Lipinski definition) is 7. The van der Waals surface area contributed by atoms with Crippen molar-refractivity contribution in [1.82, 2.24) is 34.6 Å². The summed E-state index contributed by atoms with van der Waals surface area (Å²) in [7, 11) is 3.54. The smallest absolute Gasteiger partial charge is 0.270 e. The molecule has 11 heteroatoms. The molecule has 1 saturated heterocycles. The van der Waals surface area contributed by atoms with Gasteiger partial charge in [-0.3, -0.25) is 19.3 Å². The van der Waals surface area contributed by atoms with Crippen molar-refractivity contribution in [3.05, 3.63) is 47.8 Å². The lowest BCUT2D eigenvalue weighted by atomic mass is 10.1. The fourth-order valence-electron chi connectivity index (χ4n) is 6.04. The Bertz CT molecular complexity index is 1390. The van der Waals surface area contributed by atoms with Crippen molar-refractivity contribution in [1.29, 1.82) is 0 Å². The molecule has 3 aromatic rings. The van der Waals surface area contributed by atoms with E-state index < -0.39 is 0 Å². The average Bonchev–Trinajstić information content (AvgIpc) is 3.68. The molecular formula is C32H44N8O3. The summed E-state index contributed by atoms with van der Waals surface area (Å²) in [6.07, 6.45) is 11.4. The Morgan fingerprint density at radius 2 is 1.72 bits per heavy atom. The van der Waals surface area contributed by atoms with E-state index in [1.165, 1.54) is 0 Å². The molecule has 0 bridgehead atoms. The lowest BCUT2D eigenvalue weighted by molar-refractivity contribution is -0.119. The minimum atomic E-state index is -0.0789. The van der Waals surface area contributed by atoms with E-state index in [1.54, 1.807) is 37.3 Å². The van der Waals surface area contributed by atoms with Crippen molar-refractivity contribution < 1.29 is 14.4 Å². The maximum atomic E-state index is 12.9. The molecule has 230 valence electrons. The zero-order valence-corrected chi connectivity index (χ0v) is 25.4. The average molecular weight is 589 g/mol. The second-order valence-corrected chi connectivity index (χ2v) is 11.9. The van der Waals surface area contributed by atoms with Gasteiger partial charge < -0.3 is 25.0 Å².